The highest BCUT2D eigenvalue weighted by molar-refractivity contribution is 6.36. The number of ether oxygens (including phenoxy) is 1. The van der Waals surface area contributed by atoms with E-state index in [0.717, 1.165) is 30.7 Å². The van der Waals surface area contributed by atoms with Gasteiger partial charge in [0.1, 0.15) is 0 Å². The minimum atomic E-state index is -2.61. The third-order valence-corrected chi connectivity index (χ3v) is 6.50. The van der Waals surface area contributed by atoms with Crippen LogP contribution in [-0.4, -0.2) is 36.2 Å². The van der Waals surface area contributed by atoms with E-state index in [9.17, 15) is 13.6 Å². The number of nitrogens with one attached hydrogen (secondary N) is 1. The molecule has 1 aromatic carbocycles. The van der Waals surface area contributed by atoms with Crippen LogP contribution in [0.4, 0.5) is 8.78 Å². The van der Waals surface area contributed by atoms with Crippen LogP contribution in [0.5, 0.6) is 0 Å². The van der Waals surface area contributed by atoms with Gasteiger partial charge in [-0.1, -0.05) is 17.7 Å². The quantitative estimate of drug-likeness (QED) is 0.748. The molecule has 1 amide bonds. The zero-order chi connectivity index (χ0) is 19.9. The van der Waals surface area contributed by atoms with Gasteiger partial charge in [-0.2, -0.15) is 0 Å². The third-order valence-electron chi connectivity index (χ3n) is 6.18. The molecule has 1 aliphatic heterocycles. The minimum Gasteiger partial charge on any atom is -0.377 e. The number of alkyl halides is 2. The Bertz CT molecular complexity index is 865. The normalized spacial score (nSPS) is 23.6. The largest absolute Gasteiger partial charge is 0.377 e. The van der Waals surface area contributed by atoms with Crippen LogP contribution in [-0.2, 0) is 4.74 Å². The molecule has 0 spiro atoms. The Kier molecular flexibility index (Phi) is 5.36. The summed E-state index contributed by atoms with van der Waals surface area (Å²) in [4.78, 5) is 12.9. The van der Waals surface area contributed by atoms with Crippen molar-refractivity contribution in [1.82, 2.24) is 9.88 Å². The van der Waals surface area contributed by atoms with Crippen LogP contribution in [0.15, 0.2) is 24.4 Å². The number of halogens is 3. The van der Waals surface area contributed by atoms with Gasteiger partial charge in [0.05, 0.1) is 35.4 Å². The van der Waals surface area contributed by atoms with E-state index in [-0.39, 0.29) is 17.9 Å². The van der Waals surface area contributed by atoms with E-state index < -0.39 is 11.8 Å². The highest BCUT2D eigenvalue weighted by Crippen LogP contribution is 2.38. The number of hydrogen-bond acceptors (Lipinski definition) is 2. The lowest BCUT2D eigenvalue weighted by Crippen LogP contribution is -2.34. The minimum absolute atomic E-state index is 0.167. The number of aromatic nitrogens is 1. The van der Waals surface area contributed by atoms with Crippen molar-refractivity contribution in [2.75, 3.05) is 19.8 Å². The highest BCUT2D eigenvalue weighted by atomic mass is 35.5. The number of carbonyl (C=O) groups excluding carboxylic acids is 1. The van der Waals surface area contributed by atoms with Gasteiger partial charge in [0.15, 0.2) is 0 Å². The monoisotopic (exact) mass is 410 g/mol. The van der Waals surface area contributed by atoms with Crippen molar-refractivity contribution < 1.29 is 18.3 Å². The fourth-order valence-electron chi connectivity index (χ4n) is 4.33. The van der Waals surface area contributed by atoms with E-state index in [1.165, 1.54) is 0 Å². The molecule has 1 aromatic heterocycles. The van der Waals surface area contributed by atoms with Crippen LogP contribution in [0.3, 0.4) is 0 Å². The van der Waals surface area contributed by atoms with Crippen molar-refractivity contribution in [3.05, 3.63) is 35.0 Å². The molecule has 2 aromatic rings. The maximum absolute atomic E-state index is 13.5. The number of amides is 1. The summed E-state index contributed by atoms with van der Waals surface area (Å²) in [7, 11) is 0. The maximum Gasteiger partial charge on any atom is 0.253 e. The SMILES string of the molecule is CC(F)(F)C1CCC(CNC(=O)c2cn(C3COC3)c3cccc(Cl)c23)CC1. The number of nitrogens with zero attached hydrogens (tertiary/aromatic N) is 1. The Morgan fingerprint density at radius 3 is 2.61 bits per heavy atom. The summed E-state index contributed by atoms with van der Waals surface area (Å²) in [6, 6.07) is 5.84. The van der Waals surface area contributed by atoms with E-state index in [1.54, 1.807) is 6.07 Å². The Balaban J connectivity index is 1.45. The van der Waals surface area contributed by atoms with Crippen LogP contribution in [0, 0.1) is 11.8 Å². The van der Waals surface area contributed by atoms with Crippen molar-refractivity contribution in [3.63, 3.8) is 0 Å². The first-order chi connectivity index (χ1) is 13.3. The second kappa shape index (κ2) is 7.64. The second-order valence-electron chi connectivity index (χ2n) is 8.16. The second-order valence-corrected chi connectivity index (χ2v) is 8.57. The molecular weight excluding hydrogens is 386 g/mol. The first kappa shape index (κ1) is 19.6. The third kappa shape index (κ3) is 3.77. The molecule has 0 bridgehead atoms. The van der Waals surface area contributed by atoms with Gasteiger partial charge in [-0.3, -0.25) is 4.79 Å². The molecular formula is C21H25ClF2N2O2. The Morgan fingerprint density at radius 1 is 1.29 bits per heavy atom. The first-order valence-electron chi connectivity index (χ1n) is 9.87. The van der Waals surface area contributed by atoms with Crippen molar-refractivity contribution in [2.45, 2.75) is 44.6 Å². The van der Waals surface area contributed by atoms with Crippen LogP contribution < -0.4 is 5.32 Å². The summed E-state index contributed by atoms with van der Waals surface area (Å²) in [6.45, 7) is 2.77. The molecule has 4 nitrogen and oxygen atoms in total. The van der Waals surface area contributed by atoms with Gasteiger partial charge >= 0.3 is 0 Å². The lowest BCUT2D eigenvalue weighted by molar-refractivity contribution is -0.0576. The Labute approximate surface area is 168 Å². The molecule has 1 N–H and O–H groups in total. The number of benzene rings is 1. The van der Waals surface area contributed by atoms with Crippen molar-refractivity contribution in [2.24, 2.45) is 11.8 Å². The molecule has 152 valence electrons. The lowest BCUT2D eigenvalue weighted by atomic mass is 9.79. The summed E-state index contributed by atoms with van der Waals surface area (Å²) in [5, 5.41) is 4.30. The van der Waals surface area contributed by atoms with Gasteiger partial charge in [-0.25, -0.2) is 8.78 Å². The molecule has 2 heterocycles. The summed E-state index contributed by atoms with van der Waals surface area (Å²) in [5.74, 6) is -3.08. The van der Waals surface area contributed by atoms with Gasteiger partial charge in [0.25, 0.3) is 5.91 Å². The standard InChI is InChI=1S/C21H25ClF2N2O2/c1-21(23,24)14-7-5-13(6-8-14)9-25-20(27)16-10-26(15-11-28-12-15)18-4-2-3-17(22)19(16)18/h2-4,10,13-15H,5-9,11-12H2,1H3,(H,25,27). The predicted octanol–water partition coefficient (Wildman–Crippen LogP) is 5.06. The average Bonchev–Trinajstić information content (AvgIpc) is 2.99. The summed E-state index contributed by atoms with van der Waals surface area (Å²) in [5.41, 5.74) is 1.48. The predicted molar refractivity (Wildman–Crippen MR) is 105 cm³/mol. The topological polar surface area (TPSA) is 43.3 Å². The Morgan fingerprint density at radius 2 is 2.00 bits per heavy atom. The average molecular weight is 411 g/mol. The van der Waals surface area contributed by atoms with Crippen LogP contribution in [0.25, 0.3) is 10.9 Å². The van der Waals surface area contributed by atoms with E-state index in [4.69, 9.17) is 16.3 Å². The van der Waals surface area contributed by atoms with E-state index in [2.05, 4.69) is 9.88 Å². The van der Waals surface area contributed by atoms with Crippen LogP contribution >= 0.6 is 11.6 Å². The zero-order valence-corrected chi connectivity index (χ0v) is 16.6. The fraction of sp³-hybridized carbons (Fsp3) is 0.571. The van der Waals surface area contributed by atoms with Gasteiger partial charge in [0, 0.05) is 24.0 Å². The molecule has 7 heteroatoms. The smallest absolute Gasteiger partial charge is 0.253 e. The number of hydrogen-bond donors (Lipinski definition) is 1. The van der Waals surface area contributed by atoms with Crippen molar-refractivity contribution in [1.29, 1.82) is 0 Å². The van der Waals surface area contributed by atoms with E-state index in [0.29, 0.717) is 43.2 Å². The molecule has 2 aliphatic rings. The molecule has 0 atom stereocenters. The summed E-state index contributed by atoms with van der Waals surface area (Å²) >= 11 is 6.40. The number of carbonyl (C=O) groups is 1. The van der Waals surface area contributed by atoms with Gasteiger partial charge < -0.3 is 14.6 Å². The molecule has 1 saturated heterocycles. The molecule has 4 rings (SSSR count). The Hall–Kier alpha value is -1.66. The summed E-state index contributed by atoms with van der Waals surface area (Å²) < 4.78 is 34.3. The van der Waals surface area contributed by atoms with Gasteiger partial charge in [0.2, 0.25) is 5.92 Å². The molecule has 28 heavy (non-hydrogen) atoms. The molecule has 2 fully saturated rings. The molecule has 0 radical (unpaired) electrons. The molecule has 1 aliphatic carbocycles. The lowest BCUT2D eigenvalue weighted by Gasteiger charge is -2.31. The summed E-state index contributed by atoms with van der Waals surface area (Å²) in [6.07, 6.45) is 4.31. The number of fused-ring (bicyclic) bond motifs is 1. The highest BCUT2D eigenvalue weighted by Gasteiger charge is 2.36. The van der Waals surface area contributed by atoms with E-state index >= 15 is 0 Å². The molecule has 0 unspecified atom stereocenters. The zero-order valence-electron chi connectivity index (χ0n) is 15.9. The van der Waals surface area contributed by atoms with Gasteiger partial charge in [-0.15, -0.1) is 0 Å². The fourth-order valence-corrected chi connectivity index (χ4v) is 4.60. The van der Waals surface area contributed by atoms with Crippen molar-refractivity contribution >= 4 is 28.4 Å². The molecule has 1 saturated carbocycles. The maximum atomic E-state index is 13.5. The van der Waals surface area contributed by atoms with Crippen LogP contribution in [0.1, 0.15) is 49.0 Å². The van der Waals surface area contributed by atoms with E-state index in [1.807, 2.05) is 18.3 Å². The first-order valence-corrected chi connectivity index (χ1v) is 10.2. The number of rotatable bonds is 5. The van der Waals surface area contributed by atoms with Crippen molar-refractivity contribution in [3.8, 4) is 0 Å². The van der Waals surface area contributed by atoms with Gasteiger partial charge in [-0.05, 0) is 50.7 Å². The van der Waals surface area contributed by atoms with Crippen LogP contribution in [0.2, 0.25) is 5.02 Å².